The molecule has 8 heteroatoms. The molecule has 2 amide bonds. The Kier molecular flexibility index (Phi) is 7.62. The molecule has 2 aromatic carbocycles. The van der Waals surface area contributed by atoms with Gasteiger partial charge in [0, 0.05) is 24.5 Å². The van der Waals surface area contributed by atoms with E-state index in [0.717, 1.165) is 18.7 Å². The normalized spacial score (nSPS) is 15.6. The van der Waals surface area contributed by atoms with Gasteiger partial charge in [0.25, 0.3) is 5.91 Å². The van der Waals surface area contributed by atoms with Crippen LogP contribution in [0, 0.1) is 5.82 Å². The molecule has 0 aromatic heterocycles. The zero-order chi connectivity index (χ0) is 20.6. The van der Waals surface area contributed by atoms with Crippen molar-refractivity contribution in [2.24, 2.45) is 5.73 Å². The van der Waals surface area contributed by atoms with Crippen molar-refractivity contribution < 1.29 is 18.7 Å². The molecule has 0 radical (unpaired) electrons. The van der Waals surface area contributed by atoms with E-state index < -0.39 is 5.91 Å². The number of nitrogens with zero attached hydrogens (tertiary/aromatic N) is 1. The number of ether oxygens (including phenoxy) is 1. The number of nitrogens with one attached hydrogen (secondary N) is 1. The van der Waals surface area contributed by atoms with E-state index in [9.17, 15) is 14.0 Å². The van der Waals surface area contributed by atoms with Gasteiger partial charge in [-0.15, -0.1) is 11.8 Å². The van der Waals surface area contributed by atoms with E-state index in [0.29, 0.717) is 30.2 Å². The highest BCUT2D eigenvalue weighted by molar-refractivity contribution is 8.00. The number of hydrogen-bond donors (Lipinski definition) is 2. The average Bonchev–Trinajstić information content (AvgIpc) is 2.74. The lowest BCUT2D eigenvalue weighted by Crippen LogP contribution is -2.43. The van der Waals surface area contributed by atoms with Crippen molar-refractivity contribution in [1.82, 2.24) is 10.2 Å². The molecule has 0 bridgehead atoms. The van der Waals surface area contributed by atoms with Gasteiger partial charge in [0.2, 0.25) is 5.91 Å². The molecule has 1 aliphatic heterocycles. The van der Waals surface area contributed by atoms with Gasteiger partial charge in [-0.3, -0.25) is 14.5 Å². The van der Waals surface area contributed by atoms with Crippen LogP contribution in [0.5, 0.6) is 0 Å². The van der Waals surface area contributed by atoms with Crippen molar-refractivity contribution in [3.05, 3.63) is 65.5 Å². The van der Waals surface area contributed by atoms with Crippen LogP contribution in [0.2, 0.25) is 0 Å². The fraction of sp³-hybridized carbons (Fsp3) is 0.333. The zero-order valence-electron chi connectivity index (χ0n) is 16.0. The zero-order valence-corrected chi connectivity index (χ0v) is 16.8. The van der Waals surface area contributed by atoms with E-state index in [1.165, 1.54) is 23.9 Å². The lowest BCUT2D eigenvalue weighted by atomic mass is 10.0. The Hall–Kier alpha value is -2.42. The molecule has 154 valence electrons. The van der Waals surface area contributed by atoms with E-state index in [-0.39, 0.29) is 23.5 Å². The molecule has 0 aliphatic carbocycles. The molecule has 6 nitrogen and oxygen atoms in total. The highest BCUT2D eigenvalue weighted by Crippen LogP contribution is 2.24. The van der Waals surface area contributed by atoms with E-state index >= 15 is 0 Å². The number of carbonyl (C=O) groups excluding carboxylic acids is 2. The van der Waals surface area contributed by atoms with E-state index in [1.54, 1.807) is 30.3 Å². The van der Waals surface area contributed by atoms with Crippen molar-refractivity contribution in [3.63, 3.8) is 0 Å². The number of carbonyl (C=O) groups is 2. The van der Waals surface area contributed by atoms with Gasteiger partial charge in [0.15, 0.2) is 0 Å². The van der Waals surface area contributed by atoms with Gasteiger partial charge in [-0.1, -0.05) is 24.3 Å². The summed E-state index contributed by atoms with van der Waals surface area (Å²) in [6, 6.07) is 13.4. The summed E-state index contributed by atoms with van der Waals surface area (Å²) in [6.45, 7) is 3.10. The number of primary amides is 1. The van der Waals surface area contributed by atoms with Crippen molar-refractivity contribution >= 4 is 23.6 Å². The summed E-state index contributed by atoms with van der Waals surface area (Å²) < 4.78 is 18.8. The van der Waals surface area contributed by atoms with Crippen molar-refractivity contribution in [2.45, 2.75) is 10.9 Å². The van der Waals surface area contributed by atoms with E-state index in [2.05, 4.69) is 10.2 Å². The number of amides is 2. The molecule has 1 unspecified atom stereocenters. The summed E-state index contributed by atoms with van der Waals surface area (Å²) in [7, 11) is 0. The largest absolute Gasteiger partial charge is 0.379 e. The molecule has 0 spiro atoms. The minimum absolute atomic E-state index is 0.0890. The molecular weight excluding hydrogens is 393 g/mol. The number of halogens is 1. The second kappa shape index (κ2) is 10.4. The second-order valence-corrected chi connectivity index (χ2v) is 7.69. The summed E-state index contributed by atoms with van der Waals surface area (Å²) in [4.78, 5) is 26.9. The molecule has 3 rings (SSSR count). The maximum Gasteiger partial charge on any atom is 0.252 e. The summed E-state index contributed by atoms with van der Waals surface area (Å²) >= 11 is 1.24. The first kappa shape index (κ1) is 21.3. The van der Waals surface area contributed by atoms with E-state index in [1.807, 2.05) is 6.07 Å². The number of thioether (sulfide) groups is 1. The summed E-state index contributed by atoms with van der Waals surface area (Å²) in [5.41, 5.74) is 6.65. The predicted molar refractivity (Wildman–Crippen MR) is 110 cm³/mol. The van der Waals surface area contributed by atoms with Crippen molar-refractivity contribution in [1.29, 1.82) is 0 Å². The number of hydrogen-bond acceptors (Lipinski definition) is 5. The molecule has 2 aromatic rings. The number of morpholine rings is 1. The molecule has 3 N–H and O–H groups in total. The Bertz CT molecular complexity index is 841. The third kappa shape index (κ3) is 6.03. The number of nitrogens with two attached hydrogens (primary N) is 1. The molecule has 1 fully saturated rings. The van der Waals surface area contributed by atoms with Gasteiger partial charge in [0.1, 0.15) is 5.82 Å². The number of rotatable bonds is 8. The van der Waals surface area contributed by atoms with Crippen LogP contribution in [-0.4, -0.2) is 55.3 Å². The SMILES string of the molecule is NC(=O)CSc1ccccc1C(=O)NCC(c1ccc(F)cc1)N1CCOCC1. The molecule has 1 atom stereocenters. The fourth-order valence-electron chi connectivity index (χ4n) is 3.25. The smallest absolute Gasteiger partial charge is 0.252 e. The molecule has 1 saturated heterocycles. The average molecular weight is 418 g/mol. The predicted octanol–water partition coefficient (Wildman–Crippen LogP) is 2.21. The standard InChI is InChI=1S/C21H24FN3O3S/c22-16-7-5-15(6-8-16)18(25-9-11-28-12-10-25)13-24-21(27)17-3-1-2-4-19(17)29-14-20(23)26/h1-8,18H,9-14H2,(H2,23,26)(H,24,27). The van der Waals surface area contributed by atoms with Gasteiger partial charge in [-0.05, 0) is 29.8 Å². The Morgan fingerprint density at radius 3 is 2.52 bits per heavy atom. The van der Waals surface area contributed by atoms with Crippen LogP contribution in [0.25, 0.3) is 0 Å². The van der Waals surface area contributed by atoms with Crippen molar-refractivity contribution in [2.75, 3.05) is 38.6 Å². The van der Waals surface area contributed by atoms with Gasteiger partial charge < -0.3 is 15.8 Å². The highest BCUT2D eigenvalue weighted by Gasteiger charge is 2.24. The van der Waals surface area contributed by atoms with Crippen molar-refractivity contribution in [3.8, 4) is 0 Å². The van der Waals surface area contributed by atoms with Gasteiger partial charge >= 0.3 is 0 Å². The minimum Gasteiger partial charge on any atom is -0.379 e. The quantitative estimate of drug-likeness (QED) is 0.644. The maximum atomic E-state index is 13.4. The highest BCUT2D eigenvalue weighted by atomic mass is 32.2. The summed E-state index contributed by atoms with van der Waals surface area (Å²) in [6.07, 6.45) is 0. The van der Waals surface area contributed by atoms with Crippen LogP contribution in [0.4, 0.5) is 4.39 Å². The molecule has 1 aliphatic rings. The lowest BCUT2D eigenvalue weighted by molar-refractivity contribution is -0.115. The van der Waals surface area contributed by atoms with E-state index in [4.69, 9.17) is 10.5 Å². The van der Waals surface area contributed by atoms with Crippen LogP contribution in [0.15, 0.2) is 53.4 Å². The first-order valence-corrected chi connectivity index (χ1v) is 10.4. The van der Waals surface area contributed by atoms with Crippen LogP contribution < -0.4 is 11.1 Å². The fourth-order valence-corrected chi connectivity index (χ4v) is 4.03. The lowest BCUT2D eigenvalue weighted by Gasteiger charge is -2.35. The van der Waals surface area contributed by atoms with Gasteiger partial charge in [-0.25, -0.2) is 4.39 Å². The second-order valence-electron chi connectivity index (χ2n) is 6.68. The third-order valence-corrected chi connectivity index (χ3v) is 5.79. The molecule has 1 heterocycles. The van der Waals surface area contributed by atoms with Gasteiger partial charge in [0.05, 0.1) is 30.6 Å². The third-order valence-electron chi connectivity index (χ3n) is 4.70. The summed E-state index contributed by atoms with van der Waals surface area (Å²) in [5.74, 6) is -0.846. The van der Waals surface area contributed by atoms with Crippen LogP contribution in [0.1, 0.15) is 22.0 Å². The Labute approximate surface area is 173 Å². The molecule has 29 heavy (non-hydrogen) atoms. The molecule has 0 saturated carbocycles. The first-order chi connectivity index (χ1) is 14.0. The molecular formula is C21H24FN3O3S. The Morgan fingerprint density at radius 1 is 1.14 bits per heavy atom. The Balaban J connectivity index is 1.73. The Morgan fingerprint density at radius 2 is 1.83 bits per heavy atom. The topological polar surface area (TPSA) is 84.7 Å². The summed E-state index contributed by atoms with van der Waals surface area (Å²) in [5, 5.41) is 2.99. The number of benzene rings is 2. The van der Waals surface area contributed by atoms with Crippen LogP contribution >= 0.6 is 11.8 Å². The first-order valence-electron chi connectivity index (χ1n) is 9.40. The minimum atomic E-state index is -0.436. The van der Waals surface area contributed by atoms with Crippen LogP contribution in [0.3, 0.4) is 0 Å². The van der Waals surface area contributed by atoms with Crippen LogP contribution in [-0.2, 0) is 9.53 Å². The van der Waals surface area contributed by atoms with Gasteiger partial charge in [-0.2, -0.15) is 0 Å². The maximum absolute atomic E-state index is 13.4. The monoisotopic (exact) mass is 417 g/mol.